The van der Waals surface area contributed by atoms with Crippen molar-refractivity contribution in [3.63, 3.8) is 0 Å². The molecule has 5 unspecified atom stereocenters. The largest absolute Gasteiger partial charge is 0.459 e. The number of hydrogen-bond acceptors (Lipinski definition) is 5. The monoisotopic (exact) mass is 572 g/mol. The van der Waals surface area contributed by atoms with Gasteiger partial charge in [-0.05, 0) is 78.8 Å². The molecular formula is C35H37ClO5. The molecule has 7 rings (SSSR count). The number of fused-ring (bicyclic) bond motifs is 4. The maximum atomic E-state index is 13.1. The van der Waals surface area contributed by atoms with Gasteiger partial charge >= 0.3 is 11.9 Å². The van der Waals surface area contributed by atoms with Gasteiger partial charge < -0.3 is 14.2 Å². The summed E-state index contributed by atoms with van der Waals surface area (Å²) < 4.78 is 18.8. The zero-order chi connectivity index (χ0) is 28.7. The van der Waals surface area contributed by atoms with Crippen molar-refractivity contribution in [2.24, 2.45) is 28.6 Å². The number of carbonyl (C=O) groups excluding carboxylic acids is 2. The van der Waals surface area contributed by atoms with Crippen molar-refractivity contribution >= 4 is 23.5 Å². The molecule has 5 nitrogen and oxygen atoms in total. The Kier molecular flexibility index (Phi) is 6.12. The van der Waals surface area contributed by atoms with Crippen molar-refractivity contribution in [3.8, 4) is 0 Å². The van der Waals surface area contributed by atoms with Gasteiger partial charge in [-0.15, -0.1) is 11.6 Å². The van der Waals surface area contributed by atoms with Gasteiger partial charge in [0.05, 0.1) is 16.5 Å². The van der Waals surface area contributed by atoms with Crippen molar-refractivity contribution in [1.29, 1.82) is 0 Å². The Labute approximate surface area is 246 Å². The van der Waals surface area contributed by atoms with E-state index in [-0.39, 0.29) is 57.8 Å². The first-order valence-corrected chi connectivity index (χ1v) is 15.3. The summed E-state index contributed by atoms with van der Waals surface area (Å²) in [6.45, 7) is 13.5. The summed E-state index contributed by atoms with van der Waals surface area (Å²) in [5, 5.41) is -0.214. The number of alkyl halides is 1. The van der Waals surface area contributed by atoms with Gasteiger partial charge in [-0.25, -0.2) is 9.59 Å². The van der Waals surface area contributed by atoms with E-state index in [1.807, 2.05) is 36.4 Å². The van der Waals surface area contributed by atoms with Gasteiger partial charge in [0.25, 0.3) is 0 Å². The van der Waals surface area contributed by atoms with E-state index in [4.69, 9.17) is 25.8 Å². The fourth-order valence-electron chi connectivity index (χ4n) is 9.36. The molecule has 1 saturated heterocycles. The maximum Gasteiger partial charge on any atom is 0.338 e. The van der Waals surface area contributed by atoms with E-state index in [0.29, 0.717) is 23.5 Å². The summed E-state index contributed by atoms with van der Waals surface area (Å²) in [6, 6.07) is 18.3. The Bertz CT molecular complexity index is 1420. The third-order valence-corrected chi connectivity index (χ3v) is 12.0. The molecule has 4 aliphatic carbocycles. The number of benzene rings is 2. The number of carbonyl (C=O) groups is 2. The highest BCUT2D eigenvalue weighted by Gasteiger charge is 2.79. The normalized spacial score (nSPS) is 42.3. The zero-order valence-electron chi connectivity index (χ0n) is 23.7. The highest BCUT2D eigenvalue weighted by molar-refractivity contribution is 6.21. The highest BCUT2D eigenvalue weighted by atomic mass is 35.5. The molecule has 41 heavy (non-hydrogen) atoms. The molecule has 1 heterocycles. The minimum absolute atomic E-state index is 0.0532. The number of rotatable bonds is 4. The van der Waals surface area contributed by atoms with Gasteiger partial charge in [0, 0.05) is 17.3 Å². The predicted octanol–water partition coefficient (Wildman–Crippen LogP) is 7.16. The van der Waals surface area contributed by atoms with Crippen LogP contribution in [0.25, 0.3) is 0 Å². The third kappa shape index (κ3) is 3.77. The van der Waals surface area contributed by atoms with E-state index in [2.05, 4.69) is 27.0 Å². The Morgan fingerprint density at radius 1 is 0.878 bits per heavy atom. The lowest BCUT2D eigenvalue weighted by atomic mass is 9.44. The molecule has 0 aromatic heterocycles. The van der Waals surface area contributed by atoms with Crippen molar-refractivity contribution in [2.75, 3.05) is 0 Å². The lowest BCUT2D eigenvalue weighted by Crippen LogP contribution is -2.62. The molecule has 214 valence electrons. The van der Waals surface area contributed by atoms with Crippen LogP contribution in [0.2, 0.25) is 0 Å². The summed E-state index contributed by atoms with van der Waals surface area (Å²) in [7, 11) is 0. The topological polar surface area (TPSA) is 65.1 Å². The van der Waals surface area contributed by atoms with Crippen LogP contribution in [0.5, 0.6) is 0 Å². The molecule has 0 amide bonds. The van der Waals surface area contributed by atoms with Gasteiger partial charge in [-0.3, -0.25) is 0 Å². The van der Waals surface area contributed by atoms with E-state index < -0.39 is 6.10 Å². The van der Waals surface area contributed by atoms with Crippen LogP contribution in [0.15, 0.2) is 85.0 Å². The van der Waals surface area contributed by atoms with E-state index in [1.165, 1.54) is 0 Å². The molecule has 5 aliphatic rings. The zero-order valence-corrected chi connectivity index (χ0v) is 24.4. The summed E-state index contributed by atoms with van der Waals surface area (Å²) >= 11 is 7.39. The average molecular weight is 573 g/mol. The molecule has 6 heteroatoms. The molecule has 0 N–H and O–H groups in total. The second-order valence-corrected chi connectivity index (χ2v) is 13.8. The molecular weight excluding hydrogens is 536 g/mol. The molecule has 1 aliphatic heterocycles. The van der Waals surface area contributed by atoms with Crippen LogP contribution >= 0.6 is 11.6 Å². The second kappa shape index (κ2) is 9.31. The summed E-state index contributed by atoms with van der Waals surface area (Å²) in [4.78, 5) is 26.0. The van der Waals surface area contributed by atoms with Gasteiger partial charge in [-0.1, -0.05) is 63.4 Å². The Morgan fingerprint density at radius 2 is 1.49 bits per heavy atom. The number of epoxide rings is 1. The van der Waals surface area contributed by atoms with E-state index in [0.717, 1.165) is 36.8 Å². The number of hydrogen-bond donors (Lipinski definition) is 0. The number of esters is 2. The molecule has 10 atom stereocenters. The maximum absolute atomic E-state index is 13.1. The molecule has 5 fully saturated rings. The first-order chi connectivity index (χ1) is 19.6. The van der Waals surface area contributed by atoms with Crippen LogP contribution in [0, 0.1) is 28.6 Å². The molecule has 4 saturated carbocycles. The minimum Gasteiger partial charge on any atom is -0.459 e. The number of ether oxygens (including phenoxy) is 3. The lowest BCUT2D eigenvalue weighted by molar-refractivity contribution is -0.117. The average Bonchev–Trinajstić information content (AvgIpc) is 3.68. The fraction of sp³-hybridized carbons (Fsp3) is 0.486. The van der Waals surface area contributed by atoms with Crippen molar-refractivity contribution in [1.82, 2.24) is 0 Å². The van der Waals surface area contributed by atoms with Crippen LogP contribution in [-0.2, 0) is 14.2 Å². The first-order valence-electron chi connectivity index (χ1n) is 14.8. The van der Waals surface area contributed by atoms with Crippen LogP contribution in [0.1, 0.15) is 66.7 Å². The molecule has 0 bridgehead atoms. The van der Waals surface area contributed by atoms with Crippen molar-refractivity contribution < 1.29 is 23.8 Å². The Morgan fingerprint density at radius 3 is 2.12 bits per heavy atom. The van der Waals surface area contributed by atoms with Crippen LogP contribution in [0.3, 0.4) is 0 Å². The van der Waals surface area contributed by atoms with E-state index >= 15 is 0 Å². The predicted molar refractivity (Wildman–Crippen MR) is 157 cm³/mol. The quantitative estimate of drug-likeness (QED) is 0.221. The standard InChI is InChI=1S/C35H37ClO5/c1-20-21(2)29(40-32(38)23-13-9-6-10-14-23)33(3)17-16-25-26(27(20)33)28(36)30-35(41-30)19-24(15-18-34(25,35)4)39-31(37)22-11-7-5-8-12-22/h5-14,24-30H,1-2,15-19H2,3-4H3/t24?,25-,26-,27+,28?,29?,30?,33+,34-,35?/m1/s1. The van der Waals surface area contributed by atoms with Gasteiger partial charge in [0.2, 0.25) is 0 Å². The Hall–Kier alpha value is -2.89. The van der Waals surface area contributed by atoms with Crippen molar-refractivity contribution in [3.05, 3.63) is 96.1 Å². The van der Waals surface area contributed by atoms with Gasteiger partial charge in [-0.2, -0.15) is 0 Å². The molecule has 2 aromatic carbocycles. The number of halogens is 1. The van der Waals surface area contributed by atoms with Crippen molar-refractivity contribution in [2.45, 2.75) is 75.2 Å². The second-order valence-electron chi connectivity index (χ2n) is 13.3. The van der Waals surface area contributed by atoms with Gasteiger partial charge in [0.1, 0.15) is 23.9 Å². The molecule has 1 spiro atoms. The molecule has 2 aromatic rings. The van der Waals surface area contributed by atoms with Crippen LogP contribution in [0.4, 0.5) is 0 Å². The SMILES string of the molecule is C=C1C(=C)[C@H]2[C@@H]3C(Cl)C4OC45CC(OC(=O)c4ccccc4)CC[C@]5(C)[C@@H]3CC[C@]2(C)C1OC(=O)c1ccccc1. The fourth-order valence-corrected chi connectivity index (χ4v) is 9.94. The first kappa shape index (κ1) is 27.0. The van der Waals surface area contributed by atoms with Crippen LogP contribution < -0.4 is 0 Å². The third-order valence-electron chi connectivity index (χ3n) is 11.5. The highest BCUT2D eigenvalue weighted by Crippen LogP contribution is 2.75. The summed E-state index contributed by atoms with van der Waals surface area (Å²) in [5.41, 5.74) is 2.06. The molecule has 0 radical (unpaired) electrons. The Balaban J connectivity index is 1.14. The summed E-state index contributed by atoms with van der Waals surface area (Å²) in [6.07, 6.45) is 3.48. The lowest BCUT2D eigenvalue weighted by Gasteiger charge is -2.60. The summed E-state index contributed by atoms with van der Waals surface area (Å²) in [5.74, 6) is -0.110. The van der Waals surface area contributed by atoms with Crippen LogP contribution in [-0.4, -0.2) is 41.2 Å². The van der Waals surface area contributed by atoms with E-state index in [1.54, 1.807) is 24.3 Å². The van der Waals surface area contributed by atoms with E-state index in [9.17, 15) is 9.59 Å². The minimum atomic E-state index is -0.440. The van der Waals surface area contributed by atoms with Gasteiger partial charge in [0.15, 0.2) is 0 Å². The smallest absolute Gasteiger partial charge is 0.338 e.